The smallest absolute Gasteiger partial charge is 0.355 e. The number of ether oxygens (including phenoxy) is 2. The van der Waals surface area contributed by atoms with E-state index < -0.39 is 31.2 Å². The number of hydrogen-bond donors (Lipinski definition) is 5. The molecule has 0 bridgehead atoms. The van der Waals surface area contributed by atoms with Crippen molar-refractivity contribution in [2.24, 2.45) is 0 Å². The number of aromatic hydroxyl groups is 5. The number of rotatable bonds is 12. The van der Waals surface area contributed by atoms with Gasteiger partial charge >= 0.3 is 25.8 Å². The molecule has 2 aromatic carbocycles. The molecule has 3 rings (SSSR count). The first-order valence-corrected chi connectivity index (χ1v) is 20.0. The summed E-state index contributed by atoms with van der Waals surface area (Å²) >= 11 is 11.4. The summed E-state index contributed by atoms with van der Waals surface area (Å²) in [6.45, 7) is 9.69. The monoisotopic (exact) mass is 864 g/mol. The van der Waals surface area contributed by atoms with Crippen LogP contribution < -0.4 is 5.63 Å². The maximum atomic E-state index is 11.5. The van der Waals surface area contributed by atoms with Crippen LogP contribution in [-0.4, -0.2) is 76.0 Å². The fourth-order valence-electron chi connectivity index (χ4n) is 3.87. The van der Waals surface area contributed by atoms with Gasteiger partial charge in [0.05, 0.1) is 18.6 Å². The molecule has 0 saturated heterocycles. The number of halogens is 4. The molecule has 0 fully saturated rings. The molecule has 20 heteroatoms. The lowest BCUT2D eigenvalue weighted by atomic mass is 10.0. The lowest BCUT2D eigenvalue weighted by molar-refractivity contribution is -0.146. The standard InChI is InChI=1S/C12H11ClO4.C8H13ClO3.C8H14O3.C6H6O3.Cl2O2S/c1-2-3-7-10-8(15)4-6(14)5-9(10)17-12(16)11(7)13;1-3-5-6(10)7(9)8(11)12-4-2;1-3-5-7(9)6-8(10)11-4-2;7-4-1-5(8)3-6(9)2-4;1-5(2,3)4/h4-5,14-15H,2-3H2,1H3;7H,3-5H2,1-2H3;3-6H2,1-2H3;1-3,7-9H;. The maximum Gasteiger partial charge on any atom is 0.355 e. The Balaban J connectivity index is 0. The average molecular weight is 867 g/mol. The molecule has 0 spiro atoms. The van der Waals surface area contributed by atoms with Crippen molar-refractivity contribution in [1.29, 1.82) is 0 Å². The van der Waals surface area contributed by atoms with Crippen LogP contribution in [0.5, 0.6) is 28.7 Å². The van der Waals surface area contributed by atoms with Crippen molar-refractivity contribution in [3.05, 3.63) is 51.3 Å². The Bertz CT molecular complexity index is 1740. The van der Waals surface area contributed by atoms with Gasteiger partial charge in [-0.3, -0.25) is 14.4 Å². The van der Waals surface area contributed by atoms with Gasteiger partial charge in [-0.25, -0.2) is 9.59 Å². The van der Waals surface area contributed by atoms with Crippen molar-refractivity contribution in [2.75, 3.05) is 13.2 Å². The van der Waals surface area contributed by atoms with Gasteiger partial charge in [0.2, 0.25) is 0 Å². The van der Waals surface area contributed by atoms with Crippen molar-refractivity contribution in [2.45, 2.75) is 84.9 Å². The van der Waals surface area contributed by atoms with Gasteiger partial charge in [0, 0.05) is 64.5 Å². The van der Waals surface area contributed by atoms with Crippen molar-refractivity contribution < 1.29 is 67.0 Å². The largest absolute Gasteiger partial charge is 0.508 e. The zero-order valence-electron chi connectivity index (χ0n) is 30.1. The van der Waals surface area contributed by atoms with Gasteiger partial charge in [0.1, 0.15) is 51.6 Å². The highest BCUT2D eigenvalue weighted by Gasteiger charge is 2.23. The van der Waals surface area contributed by atoms with E-state index >= 15 is 0 Å². The molecule has 1 atom stereocenters. The topological polar surface area (TPSA) is 252 Å². The van der Waals surface area contributed by atoms with Gasteiger partial charge < -0.3 is 39.4 Å². The fraction of sp³-hybridized carbons (Fsp3) is 0.441. The average Bonchev–Trinajstić information content (AvgIpc) is 3.02. The molecule has 1 aromatic heterocycles. The van der Waals surface area contributed by atoms with Crippen LogP contribution >= 0.6 is 44.6 Å². The summed E-state index contributed by atoms with van der Waals surface area (Å²) in [5.74, 6) is -2.10. The summed E-state index contributed by atoms with van der Waals surface area (Å²) in [6, 6.07) is 5.89. The quantitative estimate of drug-likeness (QED) is 0.0398. The summed E-state index contributed by atoms with van der Waals surface area (Å²) in [7, 11) is 4.81. The van der Waals surface area contributed by atoms with E-state index in [-0.39, 0.29) is 63.9 Å². The number of benzene rings is 2. The molecule has 54 heavy (non-hydrogen) atoms. The van der Waals surface area contributed by atoms with E-state index in [0.29, 0.717) is 43.2 Å². The second-order valence-electron chi connectivity index (χ2n) is 10.5. The number of phenols is 5. The van der Waals surface area contributed by atoms with Gasteiger partial charge in [-0.2, -0.15) is 8.42 Å². The second kappa shape index (κ2) is 27.6. The van der Waals surface area contributed by atoms with Crippen LogP contribution in [0.1, 0.15) is 78.7 Å². The third kappa shape index (κ3) is 23.7. The van der Waals surface area contributed by atoms with Gasteiger partial charge in [0.25, 0.3) is 0 Å². The molecule has 3 aromatic rings. The number of ketones is 2. The molecule has 1 unspecified atom stereocenters. The zero-order chi connectivity index (χ0) is 42.2. The number of fused-ring (bicyclic) bond motifs is 1. The van der Waals surface area contributed by atoms with Crippen LogP contribution in [0.3, 0.4) is 0 Å². The summed E-state index contributed by atoms with van der Waals surface area (Å²) in [5.41, 5.74) is 0.0332. The van der Waals surface area contributed by atoms with Gasteiger partial charge in [-0.05, 0) is 38.7 Å². The Kier molecular flexibility index (Phi) is 26.6. The molecule has 0 saturated carbocycles. The molecule has 0 radical (unpaired) electrons. The summed E-state index contributed by atoms with van der Waals surface area (Å²) in [6.07, 6.45) is 3.55. The number of aryl methyl sites for hydroxylation is 1. The van der Waals surface area contributed by atoms with E-state index in [2.05, 4.69) is 30.8 Å². The van der Waals surface area contributed by atoms with E-state index in [4.69, 9.17) is 51.4 Å². The highest BCUT2D eigenvalue weighted by atomic mass is 36.0. The number of alkyl halides is 1. The molecule has 0 aliphatic carbocycles. The summed E-state index contributed by atoms with van der Waals surface area (Å²) in [4.78, 5) is 54.9. The lowest BCUT2D eigenvalue weighted by Crippen LogP contribution is -2.26. The van der Waals surface area contributed by atoms with E-state index in [9.17, 15) is 34.2 Å². The number of phenolic OH excluding ortho intramolecular Hbond substituents is 5. The first-order chi connectivity index (χ1) is 25.1. The first kappa shape index (κ1) is 52.1. The number of esters is 2. The molecule has 304 valence electrons. The van der Waals surface area contributed by atoms with Crippen LogP contribution in [0.2, 0.25) is 5.02 Å². The highest BCUT2D eigenvalue weighted by molar-refractivity contribution is 8.31. The van der Waals surface area contributed by atoms with E-state index in [1.807, 2.05) is 20.8 Å². The highest BCUT2D eigenvalue weighted by Crippen LogP contribution is 2.34. The fourth-order valence-corrected chi connectivity index (χ4v) is 4.27. The minimum absolute atomic E-state index is 0.0136. The zero-order valence-corrected chi connectivity index (χ0v) is 33.9. The van der Waals surface area contributed by atoms with Crippen molar-refractivity contribution in [3.63, 3.8) is 0 Å². The predicted octanol–water partition coefficient (Wildman–Crippen LogP) is 7.16. The van der Waals surface area contributed by atoms with Crippen LogP contribution in [-0.2, 0) is 43.3 Å². The molecule has 15 nitrogen and oxygen atoms in total. The Hall–Kier alpha value is -3.96. The molecule has 0 aliphatic rings. The molecular formula is C34H44Cl4O15S. The Morgan fingerprint density at radius 3 is 1.65 bits per heavy atom. The summed E-state index contributed by atoms with van der Waals surface area (Å²) < 4.78 is 32.4. The third-order valence-corrected chi connectivity index (χ3v) is 6.65. The molecule has 5 N–H and O–H groups in total. The lowest BCUT2D eigenvalue weighted by Gasteiger charge is -2.08. The Labute approximate surface area is 331 Å². The second-order valence-corrected chi connectivity index (χ2v) is 14.9. The Morgan fingerprint density at radius 1 is 0.759 bits per heavy atom. The third-order valence-electron chi connectivity index (χ3n) is 5.85. The van der Waals surface area contributed by atoms with Gasteiger partial charge in [-0.15, -0.1) is 11.6 Å². The van der Waals surface area contributed by atoms with Crippen LogP contribution in [0.25, 0.3) is 11.0 Å². The number of carbonyl (C=O) groups excluding carboxylic acids is 4. The van der Waals surface area contributed by atoms with Crippen molar-refractivity contribution in [1.82, 2.24) is 0 Å². The minimum Gasteiger partial charge on any atom is -0.508 e. The van der Waals surface area contributed by atoms with Crippen LogP contribution in [0.4, 0.5) is 0 Å². The Morgan fingerprint density at radius 2 is 1.22 bits per heavy atom. The van der Waals surface area contributed by atoms with E-state index in [1.54, 1.807) is 13.8 Å². The maximum absolute atomic E-state index is 11.5. The molecular weight excluding hydrogens is 822 g/mol. The number of carbonyl (C=O) groups is 4. The number of Topliss-reactive ketones (excluding diaryl/α,β-unsaturated/α-hetero) is 2. The van der Waals surface area contributed by atoms with E-state index in [0.717, 1.165) is 31.0 Å². The first-order valence-electron chi connectivity index (χ1n) is 16.1. The van der Waals surface area contributed by atoms with Crippen molar-refractivity contribution in [3.8, 4) is 28.7 Å². The number of hydrogen-bond acceptors (Lipinski definition) is 15. The molecule has 0 aliphatic heterocycles. The van der Waals surface area contributed by atoms with Crippen molar-refractivity contribution >= 4 is 87.3 Å². The molecule has 1 heterocycles. The van der Waals surface area contributed by atoms with Gasteiger partial charge in [0.15, 0.2) is 11.2 Å². The predicted molar refractivity (Wildman–Crippen MR) is 204 cm³/mol. The van der Waals surface area contributed by atoms with E-state index in [1.165, 1.54) is 12.1 Å². The minimum atomic E-state index is -3.72. The SMILES string of the molecule is CCCC(=O)C(Cl)C(=O)OCC.CCCC(=O)CC(=O)OCC.CCCc1c(Cl)c(=O)oc2cc(O)cc(O)c12.O=S(=O)(Cl)Cl.Oc1cc(O)cc(O)c1. The van der Waals surface area contributed by atoms with Gasteiger partial charge in [-0.1, -0.05) is 38.8 Å². The normalized spacial score (nSPS) is 10.7. The van der Waals surface area contributed by atoms with Crippen LogP contribution in [0.15, 0.2) is 39.5 Å². The van der Waals surface area contributed by atoms with Crippen LogP contribution in [0, 0.1) is 0 Å². The molecule has 0 amide bonds. The summed E-state index contributed by atoms with van der Waals surface area (Å²) in [5, 5.41) is 44.4.